The van der Waals surface area contributed by atoms with Crippen LogP contribution in [0, 0.1) is 0 Å². The summed E-state index contributed by atoms with van der Waals surface area (Å²) >= 11 is 0. The normalized spacial score (nSPS) is 8.92. The Kier molecular flexibility index (Phi) is 4.55. The number of hydrogen-bond acceptors (Lipinski definition) is 4. The van der Waals surface area contributed by atoms with Gasteiger partial charge in [0.25, 0.3) is 0 Å². The molecule has 6 heteroatoms. The Bertz CT molecular complexity index is 321. The van der Waals surface area contributed by atoms with Gasteiger partial charge in [-0.05, 0) is 12.1 Å². The summed E-state index contributed by atoms with van der Waals surface area (Å²) in [5.74, 6) is -3.33. The number of phenols is 3. The zero-order valence-corrected chi connectivity index (χ0v) is 10.0. The Labute approximate surface area is 113 Å². The molecule has 5 nitrogen and oxygen atoms in total. The van der Waals surface area contributed by atoms with Gasteiger partial charge < -0.3 is 23.3 Å². The predicted octanol–water partition coefficient (Wildman–Crippen LogP) is 0.346. The van der Waals surface area contributed by atoms with Crippen LogP contribution in [0.15, 0.2) is 12.1 Å². The molecule has 0 aliphatic carbocycles. The molecule has 0 radical (unpaired) electrons. The van der Waals surface area contributed by atoms with E-state index in [1.165, 1.54) is 0 Å². The van der Waals surface area contributed by atoms with Crippen LogP contribution in [0.25, 0.3) is 0 Å². The summed E-state index contributed by atoms with van der Waals surface area (Å²) in [4.78, 5) is 10.3. The number of aromatic hydroxyl groups is 3. The number of rotatable bonds is 1. The van der Waals surface area contributed by atoms with Crippen molar-refractivity contribution >= 4 is 51.5 Å². The molecule has 0 heterocycles. The monoisotopic (exact) mass is 260 g/mol. The first kappa shape index (κ1) is 12.6. The molecule has 68 valence electrons. The fourth-order valence-electron chi connectivity index (χ4n) is 0.728. The Morgan fingerprint density at radius 1 is 1.15 bits per heavy atom. The van der Waals surface area contributed by atoms with Gasteiger partial charge in [0.05, 0.1) is 5.56 Å². The fraction of sp³-hybridized carbons (Fsp3) is 0. The van der Waals surface area contributed by atoms with Crippen molar-refractivity contribution in [3.8, 4) is 17.2 Å². The molecule has 1 aromatic carbocycles. The molecule has 0 amide bonds. The van der Waals surface area contributed by atoms with Crippen LogP contribution in [0.4, 0.5) is 0 Å². The smallest absolute Gasteiger partial charge is 1.00 e. The van der Waals surface area contributed by atoms with Crippen molar-refractivity contribution in [2.24, 2.45) is 0 Å². The molecular formula is C7H8O5Sr. The van der Waals surface area contributed by atoms with E-state index in [-0.39, 0.29) is 53.9 Å². The van der Waals surface area contributed by atoms with Gasteiger partial charge in [0.15, 0.2) is 17.2 Å². The van der Waals surface area contributed by atoms with Crippen molar-refractivity contribution in [2.45, 2.75) is 0 Å². The maximum Gasteiger partial charge on any atom is 2.00 e. The minimum Gasteiger partial charge on any atom is -1.00 e. The van der Waals surface area contributed by atoms with Gasteiger partial charge in [-0.1, -0.05) is 0 Å². The standard InChI is InChI=1S/C7H6O5.Sr.2H/c8-4-1-3(7(11)12)2-5(9)6(4)10;;;/h1-2,8-10H,(H,11,12);;;/q;+2;2*-1. The molecular weight excluding hydrogens is 252 g/mol. The minimum atomic E-state index is -1.29. The summed E-state index contributed by atoms with van der Waals surface area (Å²) in [5.41, 5.74) is -0.289. The molecule has 0 spiro atoms. The van der Waals surface area contributed by atoms with Crippen LogP contribution in [-0.2, 0) is 0 Å². The number of carboxylic acids is 1. The molecule has 0 bridgehead atoms. The average molecular weight is 260 g/mol. The first-order valence-corrected chi connectivity index (χ1v) is 3.00. The van der Waals surface area contributed by atoms with Crippen molar-refractivity contribution in [3.63, 3.8) is 0 Å². The predicted molar refractivity (Wildman–Crippen MR) is 46.4 cm³/mol. The first-order valence-electron chi connectivity index (χ1n) is 3.00. The Morgan fingerprint density at radius 2 is 1.54 bits per heavy atom. The molecule has 0 unspecified atom stereocenters. The number of carbonyl (C=O) groups is 1. The minimum absolute atomic E-state index is 0. The van der Waals surface area contributed by atoms with E-state index in [1.807, 2.05) is 0 Å². The molecule has 1 aromatic rings. The van der Waals surface area contributed by atoms with E-state index in [2.05, 4.69) is 0 Å². The third-order valence-corrected chi connectivity index (χ3v) is 1.32. The second-order valence-electron chi connectivity index (χ2n) is 2.17. The molecule has 0 saturated carbocycles. The van der Waals surface area contributed by atoms with E-state index >= 15 is 0 Å². The van der Waals surface area contributed by atoms with E-state index in [0.29, 0.717) is 0 Å². The molecule has 0 saturated heterocycles. The molecule has 0 aromatic heterocycles. The number of aromatic carboxylic acids is 1. The van der Waals surface area contributed by atoms with E-state index < -0.39 is 23.2 Å². The Balaban J connectivity index is -0.000000480. The second-order valence-corrected chi connectivity index (χ2v) is 2.17. The maximum absolute atomic E-state index is 10.3. The van der Waals surface area contributed by atoms with Crippen LogP contribution in [-0.4, -0.2) is 71.9 Å². The summed E-state index contributed by atoms with van der Waals surface area (Å²) in [6, 6.07) is 1.69. The van der Waals surface area contributed by atoms with Crippen LogP contribution in [0.5, 0.6) is 17.2 Å². The van der Waals surface area contributed by atoms with Crippen LogP contribution in [0.3, 0.4) is 0 Å². The Morgan fingerprint density at radius 3 is 1.85 bits per heavy atom. The first-order chi connectivity index (χ1) is 5.52. The van der Waals surface area contributed by atoms with E-state index in [0.717, 1.165) is 12.1 Å². The molecule has 1 rings (SSSR count). The van der Waals surface area contributed by atoms with Gasteiger partial charge in [-0.15, -0.1) is 0 Å². The molecule has 4 N–H and O–H groups in total. The topological polar surface area (TPSA) is 98.0 Å². The van der Waals surface area contributed by atoms with Crippen molar-refractivity contribution < 1.29 is 28.1 Å². The largest absolute Gasteiger partial charge is 2.00 e. The van der Waals surface area contributed by atoms with Crippen LogP contribution < -0.4 is 0 Å². The number of carboxylic acid groups (broad SMARTS) is 1. The van der Waals surface area contributed by atoms with Crippen molar-refractivity contribution in [2.75, 3.05) is 0 Å². The van der Waals surface area contributed by atoms with E-state index in [4.69, 9.17) is 20.4 Å². The van der Waals surface area contributed by atoms with Crippen molar-refractivity contribution in [1.29, 1.82) is 0 Å². The van der Waals surface area contributed by atoms with Crippen LogP contribution in [0.1, 0.15) is 13.2 Å². The van der Waals surface area contributed by atoms with Gasteiger partial charge in [-0.3, -0.25) is 0 Å². The van der Waals surface area contributed by atoms with Crippen molar-refractivity contribution in [3.05, 3.63) is 17.7 Å². The van der Waals surface area contributed by atoms with Crippen LogP contribution in [0.2, 0.25) is 0 Å². The third kappa shape index (κ3) is 2.77. The summed E-state index contributed by atoms with van der Waals surface area (Å²) in [7, 11) is 0. The summed E-state index contributed by atoms with van der Waals surface area (Å²) < 4.78 is 0. The van der Waals surface area contributed by atoms with E-state index in [9.17, 15) is 4.79 Å². The fourth-order valence-corrected chi connectivity index (χ4v) is 0.728. The number of hydrogen-bond donors (Lipinski definition) is 4. The van der Waals surface area contributed by atoms with Gasteiger partial charge in [0, 0.05) is 0 Å². The van der Waals surface area contributed by atoms with Crippen molar-refractivity contribution in [1.82, 2.24) is 0 Å². The maximum atomic E-state index is 10.3. The number of phenolic OH excluding ortho intramolecular Hbond substituents is 3. The zero-order valence-electron chi connectivity index (χ0n) is 8.56. The zero-order chi connectivity index (χ0) is 9.30. The quantitative estimate of drug-likeness (QED) is 0.431. The third-order valence-electron chi connectivity index (χ3n) is 1.32. The van der Waals surface area contributed by atoms with Crippen LogP contribution >= 0.6 is 0 Å². The molecule has 0 fully saturated rings. The van der Waals surface area contributed by atoms with E-state index in [1.54, 1.807) is 0 Å². The molecule has 0 aliphatic heterocycles. The van der Waals surface area contributed by atoms with Gasteiger partial charge in [-0.25, -0.2) is 4.79 Å². The van der Waals surface area contributed by atoms with Gasteiger partial charge in [0.2, 0.25) is 0 Å². The average Bonchev–Trinajstić information content (AvgIpc) is 1.99. The molecule has 0 aliphatic rings. The second kappa shape index (κ2) is 4.71. The molecule has 13 heavy (non-hydrogen) atoms. The molecule has 0 atom stereocenters. The summed E-state index contributed by atoms with van der Waals surface area (Å²) in [6.07, 6.45) is 0. The summed E-state index contributed by atoms with van der Waals surface area (Å²) in [5, 5.41) is 35.0. The Hall–Kier alpha value is -0.429. The van der Waals surface area contributed by atoms with Gasteiger partial charge in [0.1, 0.15) is 0 Å². The SMILES string of the molecule is O=C(O)c1cc(O)c(O)c(O)c1.[H-].[H-].[Sr+2]. The van der Waals surface area contributed by atoms with Gasteiger partial charge in [-0.2, -0.15) is 0 Å². The summed E-state index contributed by atoms with van der Waals surface area (Å²) in [6.45, 7) is 0. The van der Waals surface area contributed by atoms with Gasteiger partial charge >= 0.3 is 51.5 Å². The number of benzene rings is 1.